The highest BCUT2D eigenvalue weighted by Crippen LogP contribution is 2.51. The van der Waals surface area contributed by atoms with Gasteiger partial charge >= 0.3 is 11.9 Å². The predicted molar refractivity (Wildman–Crippen MR) is 98.5 cm³/mol. The summed E-state index contributed by atoms with van der Waals surface area (Å²) in [5, 5.41) is 1.44. The van der Waals surface area contributed by atoms with Crippen LogP contribution in [0.5, 0.6) is 23.0 Å². The van der Waals surface area contributed by atoms with Crippen LogP contribution in [0.4, 0.5) is 0 Å². The molecule has 0 aliphatic carbocycles. The van der Waals surface area contributed by atoms with E-state index in [9.17, 15) is 9.59 Å². The third-order valence-corrected chi connectivity index (χ3v) is 3.91. The van der Waals surface area contributed by atoms with Crippen molar-refractivity contribution in [3.63, 3.8) is 0 Å². The fourth-order valence-corrected chi connectivity index (χ4v) is 2.65. The van der Waals surface area contributed by atoms with Crippen molar-refractivity contribution in [3.8, 4) is 23.0 Å². The minimum atomic E-state index is -0.442. The van der Waals surface area contributed by atoms with Crippen molar-refractivity contribution in [1.29, 1.82) is 0 Å². The van der Waals surface area contributed by atoms with E-state index >= 15 is 0 Å². The van der Waals surface area contributed by atoms with E-state index in [4.69, 9.17) is 30.5 Å². The van der Waals surface area contributed by atoms with Crippen molar-refractivity contribution >= 4 is 34.3 Å². The summed E-state index contributed by atoms with van der Waals surface area (Å²) in [5.74, 6) is -0.145. The van der Waals surface area contributed by atoms with Crippen LogP contribution < -0.4 is 18.9 Å². The first kappa shape index (κ1) is 19.8. The second-order valence-electron chi connectivity index (χ2n) is 5.47. The van der Waals surface area contributed by atoms with Crippen molar-refractivity contribution in [1.82, 2.24) is 0 Å². The predicted octanol–water partition coefficient (Wildman–Crippen LogP) is 4.53. The molecule has 2 rings (SSSR count). The van der Waals surface area contributed by atoms with Crippen LogP contribution in [0.1, 0.15) is 33.1 Å². The van der Waals surface area contributed by atoms with Gasteiger partial charge in [0.2, 0.25) is 11.5 Å². The number of benzene rings is 2. The van der Waals surface area contributed by atoms with Gasteiger partial charge in [0.1, 0.15) is 0 Å². The summed E-state index contributed by atoms with van der Waals surface area (Å²) >= 11 is 6.12. The number of esters is 2. The molecule has 140 valence electrons. The largest absolute Gasteiger partial charge is 0.490 e. The van der Waals surface area contributed by atoms with Crippen LogP contribution in [0.2, 0.25) is 5.02 Å². The fraction of sp³-hybridized carbons (Fsp3) is 0.368. The molecule has 0 N–H and O–H groups in total. The highest BCUT2D eigenvalue weighted by Gasteiger charge is 2.26. The van der Waals surface area contributed by atoms with Gasteiger partial charge in [-0.25, -0.2) is 0 Å². The van der Waals surface area contributed by atoms with Crippen molar-refractivity contribution in [2.45, 2.75) is 33.1 Å². The first-order valence-electron chi connectivity index (χ1n) is 8.25. The van der Waals surface area contributed by atoms with Crippen LogP contribution in [0.15, 0.2) is 18.2 Å². The number of hydrogen-bond acceptors (Lipinski definition) is 6. The number of rotatable bonds is 7. The Bertz CT molecular complexity index is 831. The molecule has 0 amide bonds. The zero-order valence-electron chi connectivity index (χ0n) is 15.2. The maximum atomic E-state index is 12.1. The standard InChI is InChI=1S/C19H21ClO6/c1-5-7-15(22)26-16-12-9-8-11(20)10-13(12)17(25-14(21)6-2)19(24-4)18(16)23-3/h8-10H,5-7H2,1-4H3. The van der Waals surface area contributed by atoms with Crippen LogP contribution in [0.25, 0.3) is 10.8 Å². The number of carbonyl (C=O) groups is 2. The second kappa shape index (κ2) is 8.76. The van der Waals surface area contributed by atoms with Crippen LogP contribution in [0, 0.1) is 0 Å². The molecule has 0 saturated heterocycles. The lowest BCUT2D eigenvalue weighted by atomic mass is 10.1. The maximum Gasteiger partial charge on any atom is 0.311 e. The zero-order valence-corrected chi connectivity index (χ0v) is 15.9. The summed E-state index contributed by atoms with van der Waals surface area (Å²) in [6, 6.07) is 4.95. The van der Waals surface area contributed by atoms with Crippen LogP contribution >= 0.6 is 11.6 Å². The van der Waals surface area contributed by atoms with Gasteiger partial charge in [-0.2, -0.15) is 0 Å². The summed E-state index contributed by atoms with van der Waals surface area (Å²) in [4.78, 5) is 24.0. The number of methoxy groups -OCH3 is 2. The second-order valence-corrected chi connectivity index (χ2v) is 5.90. The van der Waals surface area contributed by atoms with E-state index in [1.54, 1.807) is 25.1 Å². The Hall–Kier alpha value is -2.47. The van der Waals surface area contributed by atoms with Crippen molar-refractivity contribution in [2.75, 3.05) is 14.2 Å². The van der Waals surface area contributed by atoms with Crippen molar-refractivity contribution < 1.29 is 28.5 Å². The van der Waals surface area contributed by atoms with Crippen LogP contribution in [0.3, 0.4) is 0 Å². The lowest BCUT2D eigenvalue weighted by molar-refractivity contribution is -0.135. The van der Waals surface area contributed by atoms with Crippen LogP contribution in [-0.2, 0) is 9.59 Å². The monoisotopic (exact) mass is 380 g/mol. The quantitative estimate of drug-likeness (QED) is 0.519. The minimum absolute atomic E-state index is 0.156. The van der Waals surface area contributed by atoms with Gasteiger partial charge in [0.15, 0.2) is 11.5 Å². The van der Waals surface area contributed by atoms with Gasteiger partial charge in [0, 0.05) is 28.6 Å². The third-order valence-electron chi connectivity index (χ3n) is 3.67. The topological polar surface area (TPSA) is 71.1 Å². The number of halogens is 1. The number of ether oxygens (including phenoxy) is 4. The van der Waals surface area contributed by atoms with Crippen molar-refractivity contribution in [2.24, 2.45) is 0 Å². The Morgan fingerprint density at radius 2 is 1.46 bits per heavy atom. The van der Waals surface area contributed by atoms with Crippen LogP contribution in [-0.4, -0.2) is 26.2 Å². The van der Waals surface area contributed by atoms with Gasteiger partial charge in [0.25, 0.3) is 0 Å². The molecular weight excluding hydrogens is 360 g/mol. The zero-order chi connectivity index (χ0) is 19.3. The van der Waals surface area contributed by atoms with Gasteiger partial charge < -0.3 is 18.9 Å². The maximum absolute atomic E-state index is 12.1. The van der Waals surface area contributed by atoms with Gasteiger partial charge in [-0.15, -0.1) is 0 Å². The average molecular weight is 381 g/mol. The molecule has 0 aliphatic rings. The Balaban J connectivity index is 2.80. The number of hydrogen-bond donors (Lipinski definition) is 0. The molecule has 0 bridgehead atoms. The minimum Gasteiger partial charge on any atom is -0.490 e. The van der Waals surface area contributed by atoms with E-state index < -0.39 is 11.9 Å². The molecule has 0 aliphatic heterocycles. The summed E-state index contributed by atoms with van der Waals surface area (Å²) in [7, 11) is 2.83. The fourth-order valence-electron chi connectivity index (χ4n) is 2.48. The highest BCUT2D eigenvalue weighted by molar-refractivity contribution is 6.31. The molecule has 0 spiro atoms. The molecular formula is C19H21ClO6. The Kier molecular flexibility index (Phi) is 6.69. The molecule has 0 atom stereocenters. The normalized spacial score (nSPS) is 10.5. The summed E-state index contributed by atoms with van der Waals surface area (Å²) in [6.07, 6.45) is 1.09. The van der Waals surface area contributed by atoms with Gasteiger partial charge in [-0.3, -0.25) is 9.59 Å². The molecule has 0 radical (unpaired) electrons. The SMILES string of the molecule is CCCC(=O)Oc1c(OC)c(OC)c(OC(=O)CC)c2cc(Cl)ccc12. The molecule has 26 heavy (non-hydrogen) atoms. The van der Waals surface area contributed by atoms with Gasteiger partial charge in [0.05, 0.1) is 14.2 Å². The molecule has 7 heteroatoms. The molecule has 2 aromatic carbocycles. The third kappa shape index (κ3) is 4.02. The average Bonchev–Trinajstić information content (AvgIpc) is 2.62. The van der Waals surface area contributed by atoms with E-state index in [-0.39, 0.29) is 35.8 Å². The molecule has 0 saturated carbocycles. The molecule has 0 fully saturated rings. The number of carbonyl (C=O) groups excluding carboxylic acids is 2. The lowest BCUT2D eigenvalue weighted by Crippen LogP contribution is -2.11. The molecule has 2 aromatic rings. The number of fused-ring (bicyclic) bond motifs is 1. The summed E-state index contributed by atoms with van der Waals surface area (Å²) in [6.45, 7) is 3.56. The van der Waals surface area contributed by atoms with E-state index in [1.807, 2.05) is 6.92 Å². The summed E-state index contributed by atoms with van der Waals surface area (Å²) < 4.78 is 21.8. The van der Waals surface area contributed by atoms with Gasteiger partial charge in [-0.1, -0.05) is 25.4 Å². The van der Waals surface area contributed by atoms with Gasteiger partial charge in [-0.05, 0) is 24.6 Å². The Morgan fingerprint density at radius 1 is 0.885 bits per heavy atom. The molecule has 0 unspecified atom stereocenters. The van der Waals surface area contributed by atoms with Crippen molar-refractivity contribution in [3.05, 3.63) is 23.2 Å². The highest BCUT2D eigenvalue weighted by atomic mass is 35.5. The summed E-state index contributed by atoms with van der Waals surface area (Å²) in [5.41, 5.74) is 0. The molecule has 0 heterocycles. The Morgan fingerprint density at radius 3 is 2.00 bits per heavy atom. The van der Waals surface area contributed by atoms with E-state index in [0.29, 0.717) is 22.2 Å². The lowest BCUT2D eigenvalue weighted by Gasteiger charge is -2.19. The van der Waals surface area contributed by atoms with E-state index in [2.05, 4.69) is 0 Å². The smallest absolute Gasteiger partial charge is 0.311 e. The molecule has 6 nitrogen and oxygen atoms in total. The van der Waals surface area contributed by atoms with E-state index in [0.717, 1.165) is 0 Å². The first-order chi connectivity index (χ1) is 12.5. The van der Waals surface area contributed by atoms with E-state index in [1.165, 1.54) is 14.2 Å². The molecule has 0 aromatic heterocycles. The Labute approximate surface area is 156 Å². The first-order valence-corrected chi connectivity index (χ1v) is 8.63.